The number of piperazine rings is 1. The lowest BCUT2D eigenvalue weighted by Gasteiger charge is -2.35. The summed E-state index contributed by atoms with van der Waals surface area (Å²) in [5.41, 5.74) is 2.31. The third kappa shape index (κ3) is 5.05. The highest BCUT2D eigenvalue weighted by molar-refractivity contribution is 5.76. The van der Waals surface area contributed by atoms with Gasteiger partial charge in [-0.15, -0.1) is 0 Å². The number of rotatable bonds is 6. The maximum atomic E-state index is 12.6. The van der Waals surface area contributed by atoms with Crippen molar-refractivity contribution >= 4 is 17.7 Å². The van der Waals surface area contributed by atoms with Gasteiger partial charge in [-0.3, -0.25) is 4.79 Å². The van der Waals surface area contributed by atoms with E-state index >= 15 is 0 Å². The minimum atomic E-state index is 0.267. The summed E-state index contributed by atoms with van der Waals surface area (Å²) in [5, 5.41) is 0. The van der Waals surface area contributed by atoms with Gasteiger partial charge >= 0.3 is 0 Å². The zero-order chi connectivity index (χ0) is 20.1. The van der Waals surface area contributed by atoms with Gasteiger partial charge in [0, 0.05) is 57.4 Å². The molecule has 0 aliphatic carbocycles. The van der Waals surface area contributed by atoms with Gasteiger partial charge in [0.2, 0.25) is 11.9 Å². The molecule has 1 amide bonds. The number of hydrogen-bond donors (Lipinski definition) is 0. The Morgan fingerprint density at radius 1 is 0.931 bits per heavy atom. The fourth-order valence-corrected chi connectivity index (χ4v) is 4.19. The van der Waals surface area contributed by atoms with E-state index in [1.54, 1.807) is 0 Å². The molecule has 0 unspecified atom stereocenters. The van der Waals surface area contributed by atoms with Crippen LogP contribution in [-0.4, -0.2) is 60.0 Å². The van der Waals surface area contributed by atoms with Crippen LogP contribution in [0, 0.1) is 6.92 Å². The van der Waals surface area contributed by atoms with Crippen LogP contribution in [0.3, 0.4) is 0 Å². The molecule has 6 nitrogen and oxygen atoms in total. The molecule has 0 bridgehead atoms. The zero-order valence-corrected chi connectivity index (χ0v) is 17.4. The molecule has 1 aromatic carbocycles. The van der Waals surface area contributed by atoms with E-state index in [4.69, 9.17) is 4.98 Å². The molecule has 29 heavy (non-hydrogen) atoms. The van der Waals surface area contributed by atoms with Crippen molar-refractivity contribution in [2.24, 2.45) is 0 Å². The molecule has 0 radical (unpaired) electrons. The van der Waals surface area contributed by atoms with Gasteiger partial charge in [-0.05, 0) is 38.2 Å². The molecular weight excluding hydrogens is 362 g/mol. The first kappa shape index (κ1) is 19.7. The number of nitrogens with zero attached hydrogens (tertiary/aromatic N) is 5. The lowest BCUT2D eigenvalue weighted by Crippen LogP contribution is -2.49. The number of hydrogen-bond acceptors (Lipinski definition) is 5. The van der Waals surface area contributed by atoms with Crippen molar-refractivity contribution in [3.63, 3.8) is 0 Å². The Hall–Kier alpha value is -2.63. The van der Waals surface area contributed by atoms with Crippen LogP contribution in [0.4, 0.5) is 11.8 Å². The molecule has 0 spiro atoms. The summed E-state index contributed by atoms with van der Waals surface area (Å²) in [7, 11) is 0. The van der Waals surface area contributed by atoms with E-state index in [1.807, 2.05) is 17.9 Å². The molecule has 0 saturated carbocycles. The van der Waals surface area contributed by atoms with Crippen LogP contribution in [0.1, 0.15) is 36.9 Å². The van der Waals surface area contributed by atoms with Gasteiger partial charge in [-0.2, -0.15) is 4.98 Å². The Morgan fingerprint density at radius 3 is 2.38 bits per heavy atom. The SMILES string of the molecule is Cc1cc(N2CCCC2)nc(N2CCN(C(=O)CCCc3ccccc3)CC2)n1. The predicted molar refractivity (Wildman–Crippen MR) is 116 cm³/mol. The van der Waals surface area contributed by atoms with E-state index in [9.17, 15) is 4.79 Å². The van der Waals surface area contributed by atoms with Crippen LogP contribution >= 0.6 is 0 Å². The molecule has 4 rings (SSSR count). The lowest BCUT2D eigenvalue weighted by molar-refractivity contribution is -0.131. The maximum Gasteiger partial charge on any atom is 0.227 e. The highest BCUT2D eigenvalue weighted by atomic mass is 16.2. The third-order valence-corrected chi connectivity index (χ3v) is 5.87. The number of benzene rings is 1. The highest BCUT2D eigenvalue weighted by Gasteiger charge is 2.23. The number of carbonyl (C=O) groups is 1. The Bertz CT molecular complexity index is 811. The molecular formula is C23H31N5O. The molecule has 1 aromatic heterocycles. The molecule has 2 aliphatic rings. The fourth-order valence-electron chi connectivity index (χ4n) is 4.19. The second kappa shape index (κ2) is 9.25. The summed E-state index contributed by atoms with van der Waals surface area (Å²) in [5.74, 6) is 2.12. The quantitative estimate of drug-likeness (QED) is 0.755. The Balaban J connectivity index is 1.28. The van der Waals surface area contributed by atoms with Crippen molar-refractivity contribution in [1.82, 2.24) is 14.9 Å². The molecule has 0 N–H and O–H groups in total. The van der Waals surface area contributed by atoms with Crippen LogP contribution in [0.5, 0.6) is 0 Å². The standard InChI is InChI=1S/C23H31N5O/c1-19-18-21(26-12-5-6-13-26)25-23(24-19)28-16-14-27(15-17-28)22(29)11-7-10-20-8-3-2-4-9-20/h2-4,8-9,18H,5-7,10-17H2,1H3. The first-order valence-electron chi connectivity index (χ1n) is 10.9. The van der Waals surface area contributed by atoms with Crippen molar-refractivity contribution in [2.75, 3.05) is 49.1 Å². The number of anilines is 2. The summed E-state index contributed by atoms with van der Waals surface area (Å²) in [6, 6.07) is 12.5. The van der Waals surface area contributed by atoms with E-state index in [0.717, 1.165) is 69.6 Å². The third-order valence-electron chi connectivity index (χ3n) is 5.87. The van der Waals surface area contributed by atoms with Gasteiger partial charge in [0.15, 0.2) is 0 Å². The van der Waals surface area contributed by atoms with Gasteiger partial charge in [-0.25, -0.2) is 4.98 Å². The first-order chi connectivity index (χ1) is 14.2. The van der Waals surface area contributed by atoms with Crippen molar-refractivity contribution in [3.8, 4) is 0 Å². The molecule has 2 fully saturated rings. The molecule has 6 heteroatoms. The minimum absolute atomic E-state index is 0.267. The second-order valence-corrected chi connectivity index (χ2v) is 8.07. The van der Waals surface area contributed by atoms with Crippen LogP contribution in [0.25, 0.3) is 0 Å². The average molecular weight is 394 g/mol. The monoisotopic (exact) mass is 393 g/mol. The van der Waals surface area contributed by atoms with Gasteiger partial charge in [0.05, 0.1) is 0 Å². The van der Waals surface area contributed by atoms with Crippen LogP contribution in [-0.2, 0) is 11.2 Å². The molecule has 2 aliphatic heterocycles. The van der Waals surface area contributed by atoms with Crippen molar-refractivity contribution < 1.29 is 4.79 Å². The zero-order valence-electron chi connectivity index (χ0n) is 17.4. The van der Waals surface area contributed by atoms with E-state index in [1.165, 1.54) is 18.4 Å². The molecule has 0 atom stereocenters. The summed E-state index contributed by atoms with van der Waals surface area (Å²) < 4.78 is 0. The highest BCUT2D eigenvalue weighted by Crippen LogP contribution is 2.22. The first-order valence-corrected chi connectivity index (χ1v) is 10.9. The van der Waals surface area contributed by atoms with Crippen molar-refractivity contribution in [2.45, 2.75) is 39.0 Å². The minimum Gasteiger partial charge on any atom is -0.356 e. The van der Waals surface area contributed by atoms with Gasteiger partial charge in [-0.1, -0.05) is 30.3 Å². The van der Waals surface area contributed by atoms with Gasteiger partial charge in [0.25, 0.3) is 0 Å². The largest absolute Gasteiger partial charge is 0.356 e. The maximum absolute atomic E-state index is 12.6. The van der Waals surface area contributed by atoms with Gasteiger partial charge in [0.1, 0.15) is 5.82 Å². The normalized spacial score (nSPS) is 17.1. The topological polar surface area (TPSA) is 52.6 Å². The van der Waals surface area contributed by atoms with E-state index < -0.39 is 0 Å². The van der Waals surface area contributed by atoms with Gasteiger partial charge < -0.3 is 14.7 Å². The smallest absolute Gasteiger partial charge is 0.227 e. The number of carbonyl (C=O) groups excluding carboxylic acids is 1. The average Bonchev–Trinajstić information content (AvgIpc) is 3.29. The molecule has 3 heterocycles. The van der Waals surface area contributed by atoms with E-state index in [-0.39, 0.29) is 5.91 Å². The molecule has 2 saturated heterocycles. The van der Waals surface area contributed by atoms with E-state index in [2.05, 4.69) is 45.1 Å². The summed E-state index contributed by atoms with van der Waals surface area (Å²) in [4.78, 5) is 28.7. The molecule has 154 valence electrons. The summed E-state index contributed by atoms with van der Waals surface area (Å²) in [6.45, 7) is 7.31. The second-order valence-electron chi connectivity index (χ2n) is 8.07. The van der Waals surface area contributed by atoms with Crippen molar-refractivity contribution in [1.29, 1.82) is 0 Å². The Kier molecular flexibility index (Phi) is 6.27. The van der Waals surface area contributed by atoms with Crippen LogP contribution in [0.2, 0.25) is 0 Å². The number of aromatic nitrogens is 2. The van der Waals surface area contributed by atoms with E-state index in [0.29, 0.717) is 6.42 Å². The summed E-state index contributed by atoms with van der Waals surface area (Å²) in [6.07, 6.45) is 4.97. The fraction of sp³-hybridized carbons (Fsp3) is 0.522. The van der Waals surface area contributed by atoms with Crippen molar-refractivity contribution in [3.05, 3.63) is 47.7 Å². The number of amides is 1. The lowest BCUT2D eigenvalue weighted by atomic mass is 10.1. The Morgan fingerprint density at radius 2 is 1.66 bits per heavy atom. The summed E-state index contributed by atoms with van der Waals surface area (Å²) >= 11 is 0. The Labute approximate surface area is 173 Å². The predicted octanol–water partition coefficient (Wildman–Crippen LogP) is 3.06. The number of aryl methyl sites for hydroxylation is 2. The van der Waals surface area contributed by atoms with Crippen LogP contribution in [0.15, 0.2) is 36.4 Å². The molecule has 2 aromatic rings. The van der Waals surface area contributed by atoms with Crippen LogP contribution < -0.4 is 9.80 Å².